The molecule has 142 valence electrons. The van der Waals surface area contributed by atoms with Gasteiger partial charge in [0.25, 0.3) is 5.91 Å². The highest BCUT2D eigenvalue weighted by Gasteiger charge is 2.34. The SMILES string of the molecule is O=C(Nc1nccs1)C1CCCN1C(=O)c1ccc(Oc2ccccc2)cc1. The molecule has 2 aromatic carbocycles. The third-order valence-electron chi connectivity index (χ3n) is 4.56. The van der Waals surface area contributed by atoms with Gasteiger partial charge in [-0.2, -0.15) is 0 Å². The molecule has 1 saturated heterocycles. The Hall–Kier alpha value is -3.19. The molecule has 3 aromatic rings. The van der Waals surface area contributed by atoms with Crippen molar-refractivity contribution < 1.29 is 14.3 Å². The summed E-state index contributed by atoms with van der Waals surface area (Å²) in [6, 6.07) is 16.0. The molecular weight excluding hydrogens is 374 g/mol. The standard InChI is InChI=1S/C21H19N3O3S/c25-19(23-21-22-12-14-28-21)18-7-4-13-24(18)20(26)15-8-10-17(11-9-15)27-16-5-2-1-3-6-16/h1-3,5-6,8-12,14,18H,4,7,13H2,(H,22,23,25). The van der Waals surface area contributed by atoms with Gasteiger partial charge in [-0.1, -0.05) is 18.2 Å². The third-order valence-corrected chi connectivity index (χ3v) is 5.25. The van der Waals surface area contributed by atoms with Crippen molar-refractivity contribution in [3.8, 4) is 11.5 Å². The van der Waals surface area contributed by atoms with Crippen molar-refractivity contribution in [3.63, 3.8) is 0 Å². The van der Waals surface area contributed by atoms with Crippen LogP contribution < -0.4 is 10.1 Å². The van der Waals surface area contributed by atoms with Gasteiger partial charge in [-0.25, -0.2) is 4.98 Å². The highest BCUT2D eigenvalue weighted by molar-refractivity contribution is 7.13. The van der Waals surface area contributed by atoms with Crippen molar-refractivity contribution in [2.75, 3.05) is 11.9 Å². The van der Waals surface area contributed by atoms with Crippen LogP contribution in [0.4, 0.5) is 5.13 Å². The minimum absolute atomic E-state index is 0.150. The van der Waals surface area contributed by atoms with Gasteiger partial charge in [0.15, 0.2) is 5.13 Å². The lowest BCUT2D eigenvalue weighted by Crippen LogP contribution is -2.43. The lowest BCUT2D eigenvalue weighted by Gasteiger charge is -2.23. The number of para-hydroxylation sites is 1. The molecule has 0 spiro atoms. The van der Waals surface area contributed by atoms with Crippen molar-refractivity contribution in [1.82, 2.24) is 9.88 Å². The first kappa shape index (κ1) is 18.2. The van der Waals surface area contributed by atoms with Gasteiger partial charge in [0.2, 0.25) is 5.91 Å². The Morgan fingerprint density at radius 2 is 1.82 bits per heavy atom. The zero-order chi connectivity index (χ0) is 19.3. The summed E-state index contributed by atoms with van der Waals surface area (Å²) < 4.78 is 5.76. The highest BCUT2D eigenvalue weighted by Crippen LogP contribution is 2.25. The number of amides is 2. The van der Waals surface area contributed by atoms with Crippen LogP contribution in [0.3, 0.4) is 0 Å². The number of rotatable bonds is 5. The van der Waals surface area contributed by atoms with Gasteiger partial charge < -0.3 is 15.0 Å². The molecule has 1 unspecified atom stereocenters. The number of likely N-dealkylation sites (tertiary alicyclic amines) is 1. The number of ether oxygens (including phenoxy) is 1. The molecular formula is C21H19N3O3S. The van der Waals surface area contributed by atoms with E-state index in [4.69, 9.17) is 4.74 Å². The Morgan fingerprint density at radius 1 is 1.07 bits per heavy atom. The molecule has 1 aliphatic rings. The number of hydrogen-bond donors (Lipinski definition) is 1. The second-order valence-electron chi connectivity index (χ2n) is 6.42. The number of benzene rings is 2. The first-order chi connectivity index (χ1) is 13.7. The van der Waals surface area contributed by atoms with Gasteiger partial charge in [-0.3, -0.25) is 9.59 Å². The Labute approximate surface area is 166 Å². The summed E-state index contributed by atoms with van der Waals surface area (Å²) in [5, 5.41) is 5.14. The lowest BCUT2D eigenvalue weighted by molar-refractivity contribution is -0.119. The van der Waals surface area contributed by atoms with E-state index in [1.165, 1.54) is 11.3 Å². The van der Waals surface area contributed by atoms with Gasteiger partial charge in [-0.15, -0.1) is 11.3 Å². The second-order valence-corrected chi connectivity index (χ2v) is 7.32. The number of anilines is 1. The lowest BCUT2D eigenvalue weighted by atomic mass is 10.1. The summed E-state index contributed by atoms with van der Waals surface area (Å²) in [5.74, 6) is 1.05. The summed E-state index contributed by atoms with van der Waals surface area (Å²) in [4.78, 5) is 31.2. The predicted molar refractivity (Wildman–Crippen MR) is 108 cm³/mol. The molecule has 0 radical (unpaired) electrons. The largest absolute Gasteiger partial charge is 0.457 e. The smallest absolute Gasteiger partial charge is 0.254 e. The van der Waals surface area contributed by atoms with Crippen LogP contribution in [-0.2, 0) is 4.79 Å². The molecule has 28 heavy (non-hydrogen) atoms. The molecule has 1 aliphatic heterocycles. The third kappa shape index (κ3) is 4.04. The normalized spacial score (nSPS) is 16.0. The van der Waals surface area contributed by atoms with Crippen LogP contribution in [0.2, 0.25) is 0 Å². The number of thiazole rings is 1. The molecule has 0 saturated carbocycles. The summed E-state index contributed by atoms with van der Waals surface area (Å²) in [7, 11) is 0. The highest BCUT2D eigenvalue weighted by atomic mass is 32.1. The van der Waals surface area contributed by atoms with E-state index in [0.717, 1.165) is 12.2 Å². The zero-order valence-electron chi connectivity index (χ0n) is 15.1. The van der Waals surface area contributed by atoms with Gasteiger partial charge in [0, 0.05) is 23.7 Å². The number of carbonyl (C=O) groups excluding carboxylic acids is 2. The molecule has 7 heteroatoms. The molecule has 1 fully saturated rings. The number of nitrogens with zero attached hydrogens (tertiary/aromatic N) is 2. The summed E-state index contributed by atoms with van der Waals surface area (Å²) in [5.41, 5.74) is 0.536. The quantitative estimate of drug-likeness (QED) is 0.706. The number of hydrogen-bond acceptors (Lipinski definition) is 5. The number of carbonyl (C=O) groups is 2. The Kier molecular flexibility index (Phi) is 5.34. The molecule has 0 aliphatic carbocycles. The maximum atomic E-state index is 12.9. The molecule has 0 bridgehead atoms. The van der Waals surface area contributed by atoms with E-state index in [0.29, 0.717) is 29.4 Å². The Morgan fingerprint density at radius 3 is 2.54 bits per heavy atom. The van der Waals surface area contributed by atoms with Crippen LogP contribution in [0.15, 0.2) is 66.2 Å². The number of nitrogens with one attached hydrogen (secondary N) is 1. The van der Waals surface area contributed by atoms with Gasteiger partial charge in [-0.05, 0) is 49.2 Å². The Balaban J connectivity index is 1.43. The molecule has 2 heterocycles. The van der Waals surface area contributed by atoms with Crippen LogP contribution in [0.25, 0.3) is 0 Å². The average Bonchev–Trinajstić information content (AvgIpc) is 3.41. The van der Waals surface area contributed by atoms with Crippen LogP contribution in [0.1, 0.15) is 23.2 Å². The fraction of sp³-hybridized carbons (Fsp3) is 0.190. The number of aromatic nitrogens is 1. The van der Waals surface area contributed by atoms with Gasteiger partial charge >= 0.3 is 0 Å². The first-order valence-corrected chi connectivity index (χ1v) is 9.93. The topological polar surface area (TPSA) is 71.5 Å². The van der Waals surface area contributed by atoms with Crippen molar-refractivity contribution in [2.24, 2.45) is 0 Å². The van der Waals surface area contributed by atoms with Crippen LogP contribution in [0.5, 0.6) is 11.5 Å². The van der Waals surface area contributed by atoms with E-state index in [-0.39, 0.29) is 11.8 Å². The van der Waals surface area contributed by atoms with Crippen molar-refractivity contribution in [3.05, 3.63) is 71.7 Å². The molecule has 6 nitrogen and oxygen atoms in total. The summed E-state index contributed by atoms with van der Waals surface area (Å²) in [6.07, 6.45) is 3.09. The monoisotopic (exact) mass is 393 g/mol. The van der Waals surface area contributed by atoms with Crippen LogP contribution in [-0.4, -0.2) is 34.3 Å². The average molecular weight is 393 g/mol. The fourth-order valence-corrected chi connectivity index (χ4v) is 3.74. The van der Waals surface area contributed by atoms with Crippen LogP contribution >= 0.6 is 11.3 Å². The van der Waals surface area contributed by atoms with E-state index in [2.05, 4.69) is 10.3 Å². The molecule has 1 N–H and O–H groups in total. The first-order valence-electron chi connectivity index (χ1n) is 9.05. The molecule has 1 aromatic heterocycles. The summed E-state index contributed by atoms with van der Waals surface area (Å²) >= 11 is 1.36. The van der Waals surface area contributed by atoms with E-state index in [9.17, 15) is 9.59 Å². The summed E-state index contributed by atoms with van der Waals surface area (Å²) in [6.45, 7) is 0.567. The minimum atomic E-state index is -0.475. The van der Waals surface area contributed by atoms with Crippen molar-refractivity contribution in [1.29, 1.82) is 0 Å². The van der Waals surface area contributed by atoms with E-state index in [1.54, 1.807) is 40.7 Å². The van der Waals surface area contributed by atoms with E-state index in [1.807, 2.05) is 30.3 Å². The maximum Gasteiger partial charge on any atom is 0.254 e. The minimum Gasteiger partial charge on any atom is -0.457 e. The van der Waals surface area contributed by atoms with Crippen LogP contribution in [0, 0.1) is 0 Å². The zero-order valence-corrected chi connectivity index (χ0v) is 15.9. The van der Waals surface area contributed by atoms with Gasteiger partial charge in [0.1, 0.15) is 17.5 Å². The molecule has 4 rings (SSSR count). The van der Waals surface area contributed by atoms with Crippen molar-refractivity contribution >= 4 is 28.3 Å². The molecule has 1 atom stereocenters. The van der Waals surface area contributed by atoms with E-state index >= 15 is 0 Å². The fourth-order valence-electron chi connectivity index (χ4n) is 3.21. The predicted octanol–water partition coefficient (Wildman–Crippen LogP) is 4.18. The maximum absolute atomic E-state index is 12.9. The van der Waals surface area contributed by atoms with Crippen molar-refractivity contribution in [2.45, 2.75) is 18.9 Å². The second kappa shape index (κ2) is 8.22. The Bertz CT molecular complexity index is 943. The molecule has 2 amide bonds. The van der Waals surface area contributed by atoms with E-state index < -0.39 is 6.04 Å². The van der Waals surface area contributed by atoms with Gasteiger partial charge in [0.05, 0.1) is 0 Å².